The lowest BCUT2D eigenvalue weighted by molar-refractivity contribution is 0.0591. The molecule has 3 N–H and O–H groups in total. The predicted molar refractivity (Wildman–Crippen MR) is 165 cm³/mol. The summed E-state index contributed by atoms with van der Waals surface area (Å²) in [4.78, 5) is 35.2. The molecular formula is C32H32N4O8. The number of fused-ring (bicyclic) bond motifs is 1. The lowest BCUT2D eigenvalue weighted by Crippen LogP contribution is -2.27. The van der Waals surface area contributed by atoms with Crippen LogP contribution >= 0.6 is 0 Å². The molecule has 2 aromatic heterocycles. The van der Waals surface area contributed by atoms with Crippen molar-refractivity contribution in [3.8, 4) is 45.6 Å². The van der Waals surface area contributed by atoms with Gasteiger partial charge in [-0.2, -0.15) is 0 Å². The largest absolute Gasteiger partial charge is 0.493 e. The number of benzene rings is 3. The number of hydrogen-bond acceptors (Lipinski definition) is 10. The van der Waals surface area contributed by atoms with Crippen molar-refractivity contribution >= 4 is 22.4 Å². The van der Waals surface area contributed by atoms with Crippen molar-refractivity contribution in [1.29, 1.82) is 0 Å². The maximum Gasteiger partial charge on any atom is 0.355 e. The molecule has 0 saturated carbocycles. The van der Waals surface area contributed by atoms with Crippen LogP contribution in [0.15, 0.2) is 59.7 Å². The van der Waals surface area contributed by atoms with E-state index in [0.717, 1.165) is 11.4 Å². The van der Waals surface area contributed by atoms with Gasteiger partial charge in [-0.3, -0.25) is 9.36 Å². The minimum atomic E-state index is -0.751. The summed E-state index contributed by atoms with van der Waals surface area (Å²) in [6.07, 6.45) is 1.58. The average molecular weight is 601 g/mol. The molecule has 2 heterocycles. The van der Waals surface area contributed by atoms with E-state index in [-0.39, 0.29) is 17.7 Å². The third kappa shape index (κ3) is 5.21. The molecule has 0 unspecified atom stereocenters. The molecule has 44 heavy (non-hydrogen) atoms. The Bertz CT molecular complexity index is 1890. The molecule has 0 spiro atoms. The molecule has 5 rings (SSSR count). The smallest absolute Gasteiger partial charge is 0.355 e. The number of methoxy groups -OCH3 is 5. The number of pyridine rings is 1. The van der Waals surface area contributed by atoms with Crippen LogP contribution in [0.4, 0.5) is 5.69 Å². The second-order valence-corrected chi connectivity index (χ2v) is 9.67. The lowest BCUT2D eigenvalue weighted by atomic mass is 9.95. The summed E-state index contributed by atoms with van der Waals surface area (Å²) in [5.41, 5.74) is 8.70. The van der Waals surface area contributed by atoms with Crippen molar-refractivity contribution in [2.45, 2.75) is 13.5 Å². The number of H-pyrrole nitrogens is 1. The summed E-state index contributed by atoms with van der Waals surface area (Å²) < 4.78 is 35.1. The number of ether oxygens (including phenoxy) is 6. The van der Waals surface area contributed by atoms with Crippen LogP contribution in [0.1, 0.15) is 21.9 Å². The van der Waals surface area contributed by atoms with E-state index in [1.54, 1.807) is 54.9 Å². The fourth-order valence-corrected chi connectivity index (χ4v) is 5.04. The number of aromatic amines is 1. The zero-order chi connectivity index (χ0) is 31.5. The monoisotopic (exact) mass is 600 g/mol. The third-order valence-electron chi connectivity index (χ3n) is 7.26. The van der Waals surface area contributed by atoms with Crippen LogP contribution in [0.25, 0.3) is 27.6 Å². The summed E-state index contributed by atoms with van der Waals surface area (Å²) >= 11 is 0. The zero-order valence-electron chi connectivity index (χ0n) is 25.1. The van der Waals surface area contributed by atoms with Crippen LogP contribution < -0.4 is 35.0 Å². The van der Waals surface area contributed by atoms with Crippen LogP contribution in [-0.2, 0) is 11.3 Å². The number of nitrogens with two attached hydrogens (primary N) is 1. The molecule has 3 aromatic carbocycles. The number of rotatable bonds is 10. The van der Waals surface area contributed by atoms with Crippen molar-refractivity contribution in [3.63, 3.8) is 0 Å². The molecule has 0 amide bonds. The first-order valence-corrected chi connectivity index (χ1v) is 13.4. The number of aryl methyl sites for hydroxylation is 1. The van der Waals surface area contributed by atoms with Gasteiger partial charge in [0.1, 0.15) is 12.3 Å². The highest BCUT2D eigenvalue weighted by atomic mass is 16.5. The van der Waals surface area contributed by atoms with Gasteiger partial charge in [0.2, 0.25) is 5.75 Å². The number of nitrogens with one attached hydrogen (secondary N) is 1. The first kappa shape index (κ1) is 29.8. The van der Waals surface area contributed by atoms with Crippen LogP contribution in [0.2, 0.25) is 0 Å². The normalized spacial score (nSPS) is 10.9. The zero-order valence-corrected chi connectivity index (χ0v) is 25.1. The molecule has 0 atom stereocenters. The van der Waals surface area contributed by atoms with Crippen LogP contribution in [0, 0.1) is 6.92 Å². The van der Waals surface area contributed by atoms with Gasteiger partial charge in [0, 0.05) is 22.3 Å². The average Bonchev–Trinajstić information content (AvgIpc) is 3.46. The minimum absolute atomic E-state index is 0.0344. The first-order chi connectivity index (χ1) is 21.3. The van der Waals surface area contributed by atoms with E-state index in [1.807, 2.05) is 6.92 Å². The van der Waals surface area contributed by atoms with Gasteiger partial charge in [-0.1, -0.05) is 0 Å². The molecule has 12 heteroatoms. The molecule has 5 aromatic rings. The van der Waals surface area contributed by atoms with Gasteiger partial charge < -0.3 is 39.1 Å². The van der Waals surface area contributed by atoms with E-state index in [1.165, 1.54) is 40.1 Å². The summed E-state index contributed by atoms with van der Waals surface area (Å²) in [6, 6.07) is 13.2. The Morgan fingerprint density at radius 3 is 2.05 bits per heavy atom. The summed E-state index contributed by atoms with van der Waals surface area (Å²) in [5, 5.41) is 0.647. The number of esters is 1. The van der Waals surface area contributed by atoms with Gasteiger partial charge in [-0.05, 0) is 61.0 Å². The standard InChI is InChI=1S/C32H32N4O8/c1-17-23(35-16-34-17)15-44-25-14-22-21(13-24(25)39-2)28(18-11-26(40-3)30(42-5)27(12-18)41-4)29(32(38)43-6)36(31(22)37)20-9-7-19(33)8-10-20/h7-14,16H,15,33H2,1-6H3,(H,34,35). The molecule has 0 aliphatic heterocycles. The Morgan fingerprint density at radius 2 is 1.50 bits per heavy atom. The highest BCUT2D eigenvalue weighted by molar-refractivity contribution is 6.08. The number of hydrogen-bond donors (Lipinski definition) is 2. The fraction of sp³-hybridized carbons (Fsp3) is 0.219. The fourth-order valence-electron chi connectivity index (χ4n) is 5.04. The Balaban J connectivity index is 1.91. The first-order valence-electron chi connectivity index (χ1n) is 13.4. The van der Waals surface area contributed by atoms with E-state index in [2.05, 4.69) is 9.97 Å². The van der Waals surface area contributed by atoms with E-state index >= 15 is 0 Å². The van der Waals surface area contributed by atoms with Crippen molar-refractivity contribution in [2.75, 3.05) is 41.3 Å². The Hall–Kier alpha value is -5.65. The quantitative estimate of drug-likeness (QED) is 0.171. The van der Waals surface area contributed by atoms with E-state index in [4.69, 9.17) is 34.2 Å². The number of carbonyl (C=O) groups is 1. The Kier molecular flexibility index (Phi) is 8.34. The number of anilines is 1. The van der Waals surface area contributed by atoms with Gasteiger partial charge in [0.05, 0.1) is 58.7 Å². The molecule has 228 valence electrons. The number of aromatic nitrogens is 3. The molecular weight excluding hydrogens is 568 g/mol. The Morgan fingerprint density at radius 1 is 0.864 bits per heavy atom. The van der Waals surface area contributed by atoms with Crippen molar-refractivity contribution in [1.82, 2.24) is 14.5 Å². The van der Waals surface area contributed by atoms with E-state index in [0.29, 0.717) is 56.6 Å². The van der Waals surface area contributed by atoms with Crippen molar-refractivity contribution < 1.29 is 33.2 Å². The Labute approximate surface area is 252 Å². The van der Waals surface area contributed by atoms with E-state index < -0.39 is 11.5 Å². The van der Waals surface area contributed by atoms with Gasteiger partial charge in [-0.15, -0.1) is 0 Å². The lowest BCUT2D eigenvalue weighted by Gasteiger charge is -2.21. The second-order valence-electron chi connectivity index (χ2n) is 9.67. The minimum Gasteiger partial charge on any atom is -0.493 e. The molecule has 0 bridgehead atoms. The van der Waals surface area contributed by atoms with E-state index in [9.17, 15) is 9.59 Å². The highest BCUT2D eigenvalue weighted by Gasteiger charge is 2.28. The van der Waals surface area contributed by atoms with Crippen LogP contribution in [0.5, 0.6) is 28.7 Å². The molecule has 0 saturated heterocycles. The molecule has 0 radical (unpaired) electrons. The maximum absolute atomic E-state index is 14.4. The van der Waals surface area contributed by atoms with Crippen LogP contribution in [0.3, 0.4) is 0 Å². The third-order valence-corrected chi connectivity index (χ3v) is 7.26. The predicted octanol–water partition coefficient (Wildman–Crippen LogP) is 4.67. The number of imidazole rings is 1. The molecule has 0 fully saturated rings. The number of nitrogen functional groups attached to an aromatic ring is 1. The number of carbonyl (C=O) groups excluding carboxylic acids is 1. The molecule has 0 aliphatic rings. The summed E-state index contributed by atoms with van der Waals surface area (Å²) in [5.74, 6) is 0.951. The van der Waals surface area contributed by atoms with Crippen molar-refractivity contribution in [2.24, 2.45) is 0 Å². The summed E-state index contributed by atoms with van der Waals surface area (Å²) in [7, 11) is 7.21. The molecule has 0 aliphatic carbocycles. The summed E-state index contributed by atoms with van der Waals surface area (Å²) in [6.45, 7) is 2.01. The van der Waals surface area contributed by atoms with Gasteiger partial charge in [-0.25, -0.2) is 9.78 Å². The van der Waals surface area contributed by atoms with Crippen molar-refractivity contribution in [3.05, 3.63) is 82.3 Å². The second kappa shape index (κ2) is 12.3. The number of nitrogens with zero attached hydrogens (tertiary/aromatic N) is 2. The maximum atomic E-state index is 14.4. The van der Waals surface area contributed by atoms with Crippen LogP contribution in [-0.4, -0.2) is 56.1 Å². The highest BCUT2D eigenvalue weighted by Crippen LogP contribution is 2.45. The topological polar surface area (TPSA) is 149 Å². The van der Waals surface area contributed by atoms with Gasteiger partial charge >= 0.3 is 5.97 Å². The molecule has 12 nitrogen and oxygen atoms in total. The SMILES string of the molecule is COC(=O)c1c(-c2cc(OC)c(OC)c(OC)c2)c2cc(OC)c(OCc3[nH]cnc3C)cc2c(=O)n1-c1ccc(N)cc1. The van der Waals surface area contributed by atoms with Gasteiger partial charge in [0.25, 0.3) is 5.56 Å². The van der Waals surface area contributed by atoms with Gasteiger partial charge in [0.15, 0.2) is 23.0 Å².